The van der Waals surface area contributed by atoms with Crippen molar-refractivity contribution in [2.45, 2.75) is 57.1 Å². The Bertz CT molecular complexity index is 962. The molecule has 2 aliphatic rings. The monoisotopic (exact) mass is 414 g/mol. The number of fused-ring (bicyclic) bond motifs is 1. The molecule has 29 heavy (non-hydrogen) atoms. The van der Waals surface area contributed by atoms with Gasteiger partial charge < -0.3 is 9.64 Å². The van der Waals surface area contributed by atoms with E-state index in [0.29, 0.717) is 43.3 Å². The lowest BCUT2D eigenvalue weighted by Crippen LogP contribution is -2.48. The molecule has 0 N–H and O–H groups in total. The van der Waals surface area contributed by atoms with Crippen molar-refractivity contribution in [1.82, 2.24) is 4.31 Å². The molecule has 1 fully saturated rings. The quantitative estimate of drug-likeness (QED) is 0.750. The largest absolute Gasteiger partial charge is 0.356 e. The lowest BCUT2D eigenvalue weighted by Gasteiger charge is -2.42. The van der Waals surface area contributed by atoms with Crippen molar-refractivity contribution in [3.05, 3.63) is 59.2 Å². The van der Waals surface area contributed by atoms with Crippen molar-refractivity contribution in [3.63, 3.8) is 0 Å². The van der Waals surface area contributed by atoms with Crippen LogP contribution >= 0.6 is 0 Å². The van der Waals surface area contributed by atoms with E-state index in [-0.39, 0.29) is 0 Å². The van der Waals surface area contributed by atoms with Crippen molar-refractivity contribution in [3.8, 4) is 0 Å². The maximum atomic E-state index is 13.1. The number of hydrogen-bond acceptors (Lipinski definition) is 4. The second-order valence-electron chi connectivity index (χ2n) is 8.39. The van der Waals surface area contributed by atoms with Crippen LogP contribution in [0.5, 0.6) is 0 Å². The van der Waals surface area contributed by atoms with Gasteiger partial charge in [-0.05, 0) is 48.9 Å². The first-order valence-electron chi connectivity index (χ1n) is 10.4. The minimum atomic E-state index is -3.44. The van der Waals surface area contributed by atoms with Crippen LogP contribution in [-0.2, 0) is 21.4 Å². The highest BCUT2D eigenvalue weighted by Crippen LogP contribution is 2.34. The van der Waals surface area contributed by atoms with Gasteiger partial charge in [0, 0.05) is 30.4 Å². The molecule has 156 valence electrons. The minimum absolute atomic E-state index is 0.296. The predicted octanol–water partition coefficient (Wildman–Crippen LogP) is 4.27. The molecular weight excluding hydrogens is 384 g/mol. The second kappa shape index (κ2) is 8.09. The van der Waals surface area contributed by atoms with Crippen LogP contribution in [0.25, 0.3) is 0 Å². The smallest absolute Gasteiger partial charge is 0.243 e. The van der Waals surface area contributed by atoms with Gasteiger partial charge in [-0.15, -0.1) is 0 Å². The number of aryl methyl sites for hydroxylation is 1. The molecule has 0 saturated carbocycles. The molecule has 0 amide bonds. The SMILES string of the molecule is Cc1cccc2c1N(C1CCN(S(=O)(=O)c3ccc(C(C)C)cc3)CC1)COC2. The van der Waals surface area contributed by atoms with Crippen LogP contribution in [-0.4, -0.2) is 38.6 Å². The summed E-state index contributed by atoms with van der Waals surface area (Å²) < 4.78 is 33.6. The molecule has 0 bridgehead atoms. The lowest BCUT2D eigenvalue weighted by molar-refractivity contribution is 0.0986. The Kier molecular flexibility index (Phi) is 5.69. The summed E-state index contributed by atoms with van der Waals surface area (Å²) in [6.45, 7) is 8.65. The Morgan fingerprint density at radius 1 is 1.03 bits per heavy atom. The molecule has 0 radical (unpaired) electrons. The lowest BCUT2D eigenvalue weighted by atomic mass is 10.00. The zero-order valence-corrected chi connectivity index (χ0v) is 18.3. The standard InChI is InChI=1S/C23H30N2O3S/c1-17(2)19-7-9-22(10-8-19)29(26,27)24-13-11-21(12-14-24)25-16-28-15-20-6-4-5-18(3)23(20)25/h4-10,17,21H,11-16H2,1-3H3. The zero-order valence-electron chi connectivity index (χ0n) is 17.5. The van der Waals surface area contributed by atoms with Gasteiger partial charge >= 0.3 is 0 Å². The van der Waals surface area contributed by atoms with E-state index in [9.17, 15) is 8.42 Å². The molecule has 2 heterocycles. The van der Waals surface area contributed by atoms with E-state index in [1.807, 2.05) is 12.1 Å². The first-order valence-corrected chi connectivity index (χ1v) is 11.8. The fourth-order valence-electron chi connectivity index (χ4n) is 4.42. The molecule has 4 rings (SSSR count). The van der Waals surface area contributed by atoms with Crippen molar-refractivity contribution in [2.24, 2.45) is 0 Å². The Morgan fingerprint density at radius 2 is 1.72 bits per heavy atom. The molecule has 0 aliphatic carbocycles. The van der Waals surface area contributed by atoms with Crippen molar-refractivity contribution < 1.29 is 13.2 Å². The molecule has 0 atom stereocenters. The molecule has 0 aromatic heterocycles. The summed E-state index contributed by atoms with van der Waals surface area (Å²) in [7, 11) is -3.44. The third-order valence-electron chi connectivity index (χ3n) is 6.15. The number of para-hydroxylation sites is 1. The van der Waals surface area contributed by atoms with Gasteiger partial charge in [0.1, 0.15) is 6.73 Å². The number of ether oxygens (including phenoxy) is 1. The summed E-state index contributed by atoms with van der Waals surface area (Å²) in [6.07, 6.45) is 1.61. The number of rotatable bonds is 4. The van der Waals surface area contributed by atoms with E-state index < -0.39 is 10.0 Å². The third kappa shape index (κ3) is 3.93. The highest BCUT2D eigenvalue weighted by Gasteiger charge is 2.33. The fraction of sp³-hybridized carbons (Fsp3) is 0.478. The van der Waals surface area contributed by atoms with Crippen molar-refractivity contribution >= 4 is 15.7 Å². The maximum Gasteiger partial charge on any atom is 0.243 e. The Labute approximate surface area is 174 Å². The molecule has 1 saturated heterocycles. The number of nitrogens with zero attached hydrogens (tertiary/aromatic N) is 2. The third-order valence-corrected chi connectivity index (χ3v) is 8.06. The summed E-state index contributed by atoms with van der Waals surface area (Å²) in [4.78, 5) is 2.72. The van der Waals surface area contributed by atoms with Crippen LogP contribution in [0, 0.1) is 6.92 Å². The van der Waals surface area contributed by atoms with E-state index in [1.165, 1.54) is 16.8 Å². The first kappa shape index (κ1) is 20.4. The Hall–Kier alpha value is -1.89. The topological polar surface area (TPSA) is 49.9 Å². The van der Waals surface area contributed by atoms with Crippen LogP contribution in [0.3, 0.4) is 0 Å². The van der Waals surface area contributed by atoms with Gasteiger partial charge in [-0.2, -0.15) is 4.31 Å². The fourth-order valence-corrected chi connectivity index (χ4v) is 5.89. The van der Waals surface area contributed by atoms with Gasteiger partial charge in [-0.3, -0.25) is 0 Å². The van der Waals surface area contributed by atoms with E-state index >= 15 is 0 Å². The van der Waals surface area contributed by atoms with E-state index in [4.69, 9.17) is 4.74 Å². The van der Waals surface area contributed by atoms with Gasteiger partial charge in [0.15, 0.2) is 0 Å². The summed E-state index contributed by atoms with van der Waals surface area (Å²) in [6, 6.07) is 14.0. The van der Waals surface area contributed by atoms with Crippen molar-refractivity contribution in [1.29, 1.82) is 0 Å². The van der Waals surface area contributed by atoms with Crippen molar-refractivity contribution in [2.75, 3.05) is 24.7 Å². The van der Waals surface area contributed by atoms with E-state index in [2.05, 4.69) is 43.9 Å². The number of benzene rings is 2. The van der Waals surface area contributed by atoms with Gasteiger partial charge in [0.05, 0.1) is 11.5 Å². The summed E-state index contributed by atoms with van der Waals surface area (Å²) in [5.41, 5.74) is 4.90. The normalized spacial score (nSPS) is 18.8. The van der Waals surface area contributed by atoms with Gasteiger partial charge in [-0.25, -0.2) is 8.42 Å². The summed E-state index contributed by atoms with van der Waals surface area (Å²) >= 11 is 0. The number of sulfonamides is 1. The molecule has 5 nitrogen and oxygen atoms in total. The Balaban J connectivity index is 1.47. The molecule has 2 aliphatic heterocycles. The molecular formula is C23H30N2O3S. The highest BCUT2D eigenvalue weighted by atomic mass is 32.2. The van der Waals surface area contributed by atoms with Crippen LogP contribution in [0.2, 0.25) is 0 Å². The second-order valence-corrected chi connectivity index (χ2v) is 10.3. The van der Waals surface area contributed by atoms with Crippen LogP contribution in [0.1, 0.15) is 49.3 Å². The molecule has 6 heteroatoms. The summed E-state index contributed by atoms with van der Waals surface area (Å²) in [5, 5.41) is 0. The summed E-state index contributed by atoms with van der Waals surface area (Å²) in [5.74, 6) is 0.389. The number of piperidine rings is 1. The van der Waals surface area contributed by atoms with E-state index in [1.54, 1.807) is 16.4 Å². The van der Waals surface area contributed by atoms with Gasteiger partial charge in [0.25, 0.3) is 0 Å². The predicted molar refractivity (Wildman–Crippen MR) is 116 cm³/mol. The van der Waals surface area contributed by atoms with Gasteiger partial charge in [0.2, 0.25) is 10.0 Å². The molecule has 2 aromatic rings. The Morgan fingerprint density at radius 3 is 2.38 bits per heavy atom. The molecule has 2 aromatic carbocycles. The highest BCUT2D eigenvalue weighted by molar-refractivity contribution is 7.89. The zero-order chi connectivity index (χ0) is 20.6. The van der Waals surface area contributed by atoms with Gasteiger partial charge in [-0.1, -0.05) is 44.2 Å². The minimum Gasteiger partial charge on any atom is -0.356 e. The number of hydrogen-bond donors (Lipinski definition) is 0. The maximum absolute atomic E-state index is 13.1. The van der Waals surface area contributed by atoms with Crippen LogP contribution in [0.4, 0.5) is 5.69 Å². The molecule has 0 unspecified atom stereocenters. The average molecular weight is 415 g/mol. The molecule has 0 spiro atoms. The first-order chi connectivity index (χ1) is 13.9. The average Bonchev–Trinajstić information content (AvgIpc) is 2.74. The van der Waals surface area contributed by atoms with E-state index in [0.717, 1.165) is 18.4 Å². The number of anilines is 1. The van der Waals surface area contributed by atoms with Crippen LogP contribution in [0.15, 0.2) is 47.4 Å². The van der Waals surface area contributed by atoms with Crippen LogP contribution < -0.4 is 4.90 Å².